The van der Waals surface area contributed by atoms with Crippen LogP contribution in [0.1, 0.15) is 15.9 Å². The summed E-state index contributed by atoms with van der Waals surface area (Å²) in [6, 6.07) is 8.16. The molecule has 2 aromatic carbocycles. The van der Waals surface area contributed by atoms with Crippen LogP contribution in [0.2, 0.25) is 0 Å². The minimum Gasteiger partial charge on any atom is -0.404 e. The lowest BCUT2D eigenvalue weighted by molar-refractivity contribution is 0.104. The lowest BCUT2D eigenvalue weighted by Crippen LogP contribution is -2.02. The first-order chi connectivity index (χ1) is 8.96. The van der Waals surface area contributed by atoms with E-state index in [0.29, 0.717) is 16.3 Å². The number of carbonyl (C=O) groups is 1. The Kier molecular flexibility index (Phi) is 2.57. The van der Waals surface area contributed by atoms with Gasteiger partial charge in [0.25, 0.3) is 0 Å². The van der Waals surface area contributed by atoms with E-state index in [1.165, 1.54) is 12.1 Å². The highest BCUT2D eigenvalue weighted by molar-refractivity contribution is 7.46. The number of phosphoric acid groups is 1. The van der Waals surface area contributed by atoms with Crippen molar-refractivity contribution >= 4 is 30.5 Å². The monoisotopic (exact) mass is 276 g/mol. The zero-order valence-electron chi connectivity index (χ0n) is 9.61. The number of allylic oxidation sites excluding steroid dienone is 1. The smallest absolute Gasteiger partial charge is 0.404 e. The SMILES string of the molecule is O=C1C=Cc2ccc(OP(=O)(O)O)c3cccc1c23. The molecular formula is C13H9O5P. The first-order valence-corrected chi connectivity index (χ1v) is 7.02. The van der Waals surface area contributed by atoms with E-state index in [4.69, 9.17) is 9.79 Å². The van der Waals surface area contributed by atoms with Crippen LogP contribution in [0.4, 0.5) is 0 Å². The highest BCUT2D eigenvalue weighted by Gasteiger charge is 2.21. The van der Waals surface area contributed by atoms with E-state index in [1.807, 2.05) is 0 Å². The summed E-state index contributed by atoms with van der Waals surface area (Å²) < 4.78 is 15.6. The van der Waals surface area contributed by atoms with Gasteiger partial charge in [0.1, 0.15) is 5.75 Å². The molecule has 0 heterocycles. The Labute approximate surface area is 108 Å². The third kappa shape index (κ3) is 2.08. The van der Waals surface area contributed by atoms with Gasteiger partial charge in [0.15, 0.2) is 5.78 Å². The number of hydrogen-bond donors (Lipinski definition) is 2. The van der Waals surface area contributed by atoms with Gasteiger partial charge in [-0.15, -0.1) is 0 Å². The first kappa shape index (κ1) is 12.1. The summed E-state index contributed by atoms with van der Waals surface area (Å²) in [5.41, 5.74) is 1.33. The predicted molar refractivity (Wildman–Crippen MR) is 70.0 cm³/mol. The molecule has 19 heavy (non-hydrogen) atoms. The lowest BCUT2D eigenvalue weighted by atomic mass is 9.92. The molecule has 0 bridgehead atoms. The Morgan fingerprint density at radius 3 is 2.58 bits per heavy atom. The molecule has 0 spiro atoms. The number of rotatable bonds is 2. The predicted octanol–water partition coefficient (Wildman–Crippen LogP) is 2.52. The van der Waals surface area contributed by atoms with Crippen molar-refractivity contribution in [2.45, 2.75) is 0 Å². The van der Waals surface area contributed by atoms with Crippen LogP contribution in [0.5, 0.6) is 5.75 Å². The molecule has 0 unspecified atom stereocenters. The Morgan fingerprint density at radius 2 is 1.84 bits per heavy atom. The van der Waals surface area contributed by atoms with Crippen LogP contribution in [0.25, 0.3) is 16.8 Å². The van der Waals surface area contributed by atoms with E-state index in [1.54, 1.807) is 30.3 Å². The molecule has 0 atom stereocenters. The van der Waals surface area contributed by atoms with E-state index < -0.39 is 7.82 Å². The number of ketones is 1. The van der Waals surface area contributed by atoms with Crippen molar-refractivity contribution in [3.63, 3.8) is 0 Å². The van der Waals surface area contributed by atoms with Gasteiger partial charge in [0.2, 0.25) is 0 Å². The van der Waals surface area contributed by atoms with Crippen molar-refractivity contribution in [2.75, 3.05) is 0 Å². The second-order valence-electron chi connectivity index (χ2n) is 4.16. The molecule has 1 aliphatic rings. The van der Waals surface area contributed by atoms with Gasteiger partial charge in [-0.05, 0) is 17.7 Å². The minimum absolute atomic E-state index is 0.0667. The first-order valence-electron chi connectivity index (χ1n) is 5.49. The maximum absolute atomic E-state index is 11.8. The highest BCUT2D eigenvalue weighted by atomic mass is 31.2. The zero-order chi connectivity index (χ0) is 13.6. The fraction of sp³-hybridized carbons (Fsp3) is 0. The average molecular weight is 276 g/mol. The Hall–Kier alpha value is -1.94. The van der Waals surface area contributed by atoms with Crippen molar-refractivity contribution in [1.82, 2.24) is 0 Å². The molecule has 0 amide bonds. The van der Waals surface area contributed by atoms with E-state index in [2.05, 4.69) is 4.52 Å². The molecule has 2 N–H and O–H groups in total. The normalized spacial score (nSPS) is 13.9. The van der Waals surface area contributed by atoms with Crippen molar-refractivity contribution < 1.29 is 23.7 Å². The van der Waals surface area contributed by atoms with Gasteiger partial charge >= 0.3 is 7.82 Å². The summed E-state index contributed by atoms with van der Waals surface area (Å²) in [4.78, 5) is 29.6. The molecule has 96 valence electrons. The number of hydrogen-bond acceptors (Lipinski definition) is 3. The maximum Gasteiger partial charge on any atom is 0.524 e. The lowest BCUT2D eigenvalue weighted by Gasteiger charge is -2.15. The van der Waals surface area contributed by atoms with Crippen LogP contribution in [0, 0.1) is 0 Å². The minimum atomic E-state index is -4.63. The van der Waals surface area contributed by atoms with Crippen LogP contribution < -0.4 is 4.52 Å². The standard InChI is InChI=1S/C13H9O5P/c14-11-6-4-8-5-7-12(18-19(15,16)17)10-3-1-2-9(11)13(8)10/h1-7H,(H2,15,16,17). The van der Waals surface area contributed by atoms with Crippen molar-refractivity contribution in [1.29, 1.82) is 0 Å². The maximum atomic E-state index is 11.8. The third-order valence-corrected chi connectivity index (χ3v) is 3.36. The Bertz CT molecular complexity index is 772. The second-order valence-corrected chi connectivity index (χ2v) is 5.32. The summed E-state index contributed by atoms with van der Waals surface area (Å²) in [6.45, 7) is 0. The van der Waals surface area contributed by atoms with Crippen molar-refractivity contribution in [3.8, 4) is 5.75 Å². The number of phosphoric ester groups is 1. The van der Waals surface area contributed by atoms with Gasteiger partial charge < -0.3 is 4.52 Å². The van der Waals surface area contributed by atoms with Crippen LogP contribution >= 0.6 is 7.82 Å². The van der Waals surface area contributed by atoms with Gasteiger partial charge in [0.05, 0.1) is 0 Å². The van der Waals surface area contributed by atoms with Gasteiger partial charge in [-0.2, -0.15) is 0 Å². The van der Waals surface area contributed by atoms with E-state index in [-0.39, 0.29) is 11.5 Å². The van der Waals surface area contributed by atoms with E-state index in [9.17, 15) is 9.36 Å². The van der Waals surface area contributed by atoms with Gasteiger partial charge in [-0.1, -0.05) is 30.3 Å². The fourth-order valence-electron chi connectivity index (χ4n) is 2.21. The molecule has 3 rings (SSSR count). The number of benzene rings is 2. The third-order valence-electron chi connectivity index (χ3n) is 2.93. The van der Waals surface area contributed by atoms with Gasteiger partial charge in [0, 0.05) is 16.3 Å². The largest absolute Gasteiger partial charge is 0.524 e. The molecule has 0 saturated heterocycles. The molecule has 0 aliphatic heterocycles. The van der Waals surface area contributed by atoms with E-state index in [0.717, 1.165) is 5.56 Å². The van der Waals surface area contributed by atoms with Gasteiger partial charge in [-0.25, -0.2) is 4.57 Å². The van der Waals surface area contributed by atoms with Crippen molar-refractivity contribution in [2.24, 2.45) is 0 Å². The van der Waals surface area contributed by atoms with Crippen LogP contribution in [0.15, 0.2) is 36.4 Å². The fourth-order valence-corrected chi connectivity index (χ4v) is 2.63. The Balaban J connectivity index is 2.33. The molecule has 5 nitrogen and oxygen atoms in total. The average Bonchev–Trinajstić information content (AvgIpc) is 2.34. The van der Waals surface area contributed by atoms with Crippen LogP contribution in [-0.4, -0.2) is 15.6 Å². The number of carbonyl (C=O) groups excluding carboxylic acids is 1. The molecule has 2 aromatic rings. The summed E-state index contributed by atoms with van der Waals surface area (Å²) in [5.74, 6) is -0.0662. The topological polar surface area (TPSA) is 83.8 Å². The molecule has 0 fully saturated rings. The quantitative estimate of drug-likeness (QED) is 0.823. The second kappa shape index (κ2) is 4.03. The molecule has 1 aliphatic carbocycles. The summed E-state index contributed by atoms with van der Waals surface area (Å²) in [6.07, 6.45) is 3.15. The summed E-state index contributed by atoms with van der Waals surface area (Å²) in [7, 11) is -4.63. The van der Waals surface area contributed by atoms with Crippen LogP contribution in [-0.2, 0) is 4.57 Å². The van der Waals surface area contributed by atoms with Crippen molar-refractivity contribution in [3.05, 3.63) is 47.5 Å². The van der Waals surface area contributed by atoms with Crippen LogP contribution in [0.3, 0.4) is 0 Å². The molecule has 0 aromatic heterocycles. The molecule has 0 radical (unpaired) electrons. The van der Waals surface area contributed by atoms with E-state index >= 15 is 0 Å². The summed E-state index contributed by atoms with van der Waals surface area (Å²) in [5, 5.41) is 1.16. The summed E-state index contributed by atoms with van der Waals surface area (Å²) >= 11 is 0. The highest BCUT2D eigenvalue weighted by Crippen LogP contribution is 2.42. The molecular weight excluding hydrogens is 267 g/mol. The molecule has 0 saturated carbocycles. The Morgan fingerprint density at radius 1 is 1.05 bits per heavy atom. The van der Waals surface area contributed by atoms with Gasteiger partial charge in [-0.3, -0.25) is 14.6 Å². The molecule has 6 heteroatoms. The zero-order valence-corrected chi connectivity index (χ0v) is 10.5.